The van der Waals surface area contributed by atoms with Crippen molar-refractivity contribution in [3.05, 3.63) is 45.7 Å². The summed E-state index contributed by atoms with van der Waals surface area (Å²) in [6.07, 6.45) is 3.34. The number of pyridine rings is 1. The molecular formula is C14H18N4OS. The zero-order valence-electron chi connectivity index (χ0n) is 11.4. The molecule has 0 saturated carbocycles. The summed E-state index contributed by atoms with van der Waals surface area (Å²) >= 11 is 1.46. The van der Waals surface area contributed by atoms with Crippen molar-refractivity contribution in [2.24, 2.45) is 5.73 Å². The molecule has 0 aliphatic heterocycles. The second-order valence-electron chi connectivity index (χ2n) is 4.31. The topological polar surface area (TPSA) is 80.9 Å². The Labute approximate surface area is 122 Å². The van der Waals surface area contributed by atoms with Crippen LogP contribution in [0.5, 0.6) is 0 Å². The molecule has 0 aromatic carbocycles. The molecule has 5 nitrogen and oxygen atoms in total. The van der Waals surface area contributed by atoms with E-state index >= 15 is 0 Å². The van der Waals surface area contributed by atoms with Crippen LogP contribution in [0.2, 0.25) is 0 Å². The Morgan fingerprint density at radius 1 is 1.50 bits per heavy atom. The summed E-state index contributed by atoms with van der Waals surface area (Å²) in [7, 11) is 0. The zero-order valence-corrected chi connectivity index (χ0v) is 12.2. The number of nitrogens with zero attached hydrogens (tertiary/aromatic N) is 2. The standard InChI is InChI=1S/C14H18N4OS/c1-2-10-4-3-7-16-11(10)8-17-14(19)12-9-20-13(18-12)5-6-15/h3-4,7,9H,2,5-6,8,15H2,1H3,(H,17,19). The molecule has 3 N–H and O–H groups in total. The number of aryl methyl sites for hydroxylation is 1. The lowest BCUT2D eigenvalue weighted by Crippen LogP contribution is -2.24. The van der Waals surface area contributed by atoms with Crippen molar-refractivity contribution in [2.45, 2.75) is 26.3 Å². The Hall–Kier alpha value is -1.79. The number of nitrogens with one attached hydrogen (secondary N) is 1. The van der Waals surface area contributed by atoms with Crippen LogP contribution in [0, 0.1) is 0 Å². The predicted molar refractivity (Wildman–Crippen MR) is 79.7 cm³/mol. The van der Waals surface area contributed by atoms with Crippen LogP contribution in [0.25, 0.3) is 0 Å². The van der Waals surface area contributed by atoms with Crippen molar-refractivity contribution < 1.29 is 4.79 Å². The first kappa shape index (κ1) is 14.6. The Morgan fingerprint density at radius 2 is 2.35 bits per heavy atom. The molecular weight excluding hydrogens is 272 g/mol. The Morgan fingerprint density at radius 3 is 3.10 bits per heavy atom. The first-order valence-corrected chi connectivity index (χ1v) is 7.48. The molecule has 0 bridgehead atoms. The highest BCUT2D eigenvalue weighted by atomic mass is 32.1. The van der Waals surface area contributed by atoms with E-state index in [0.29, 0.717) is 25.2 Å². The number of hydrogen-bond acceptors (Lipinski definition) is 5. The van der Waals surface area contributed by atoms with Crippen molar-refractivity contribution in [1.29, 1.82) is 0 Å². The largest absolute Gasteiger partial charge is 0.345 e. The number of amides is 1. The fraction of sp³-hybridized carbons (Fsp3) is 0.357. The molecule has 0 radical (unpaired) electrons. The lowest BCUT2D eigenvalue weighted by atomic mass is 10.1. The van der Waals surface area contributed by atoms with Gasteiger partial charge in [0.2, 0.25) is 0 Å². The van der Waals surface area contributed by atoms with Crippen molar-refractivity contribution >= 4 is 17.2 Å². The van der Waals surface area contributed by atoms with E-state index in [-0.39, 0.29) is 5.91 Å². The Bertz CT molecular complexity index is 582. The molecule has 2 aromatic rings. The van der Waals surface area contributed by atoms with Gasteiger partial charge in [0.05, 0.1) is 17.2 Å². The monoisotopic (exact) mass is 290 g/mol. The molecule has 0 aliphatic carbocycles. The van der Waals surface area contributed by atoms with Crippen LogP contribution < -0.4 is 11.1 Å². The van der Waals surface area contributed by atoms with Gasteiger partial charge in [0, 0.05) is 18.0 Å². The number of carbonyl (C=O) groups excluding carboxylic acids is 1. The van der Waals surface area contributed by atoms with Crippen molar-refractivity contribution in [3.63, 3.8) is 0 Å². The van der Waals surface area contributed by atoms with Crippen LogP contribution in [0.3, 0.4) is 0 Å². The summed E-state index contributed by atoms with van der Waals surface area (Å²) in [5.41, 5.74) is 7.97. The van der Waals surface area contributed by atoms with Gasteiger partial charge in [-0.25, -0.2) is 4.98 Å². The third kappa shape index (κ3) is 3.61. The highest BCUT2D eigenvalue weighted by Crippen LogP contribution is 2.10. The summed E-state index contributed by atoms with van der Waals surface area (Å²) in [5, 5.41) is 5.51. The van der Waals surface area contributed by atoms with Gasteiger partial charge in [0.25, 0.3) is 5.91 Å². The van der Waals surface area contributed by atoms with E-state index < -0.39 is 0 Å². The third-order valence-corrected chi connectivity index (χ3v) is 3.83. The molecule has 1 amide bonds. The van der Waals surface area contributed by atoms with E-state index in [1.807, 2.05) is 12.1 Å². The minimum atomic E-state index is -0.169. The van der Waals surface area contributed by atoms with Gasteiger partial charge in [-0.15, -0.1) is 11.3 Å². The lowest BCUT2D eigenvalue weighted by molar-refractivity contribution is 0.0946. The average Bonchev–Trinajstić information content (AvgIpc) is 2.94. The second kappa shape index (κ2) is 7.12. The first-order chi connectivity index (χ1) is 9.74. The van der Waals surface area contributed by atoms with Gasteiger partial charge < -0.3 is 11.1 Å². The van der Waals surface area contributed by atoms with E-state index in [0.717, 1.165) is 22.7 Å². The fourth-order valence-electron chi connectivity index (χ4n) is 1.86. The van der Waals surface area contributed by atoms with Crippen LogP contribution >= 0.6 is 11.3 Å². The van der Waals surface area contributed by atoms with Gasteiger partial charge in [-0.05, 0) is 24.6 Å². The van der Waals surface area contributed by atoms with Gasteiger partial charge in [-0.3, -0.25) is 9.78 Å². The lowest BCUT2D eigenvalue weighted by Gasteiger charge is -2.07. The van der Waals surface area contributed by atoms with E-state index in [1.165, 1.54) is 11.3 Å². The summed E-state index contributed by atoms with van der Waals surface area (Å²) in [5.74, 6) is -0.169. The predicted octanol–water partition coefficient (Wildman–Crippen LogP) is 1.53. The van der Waals surface area contributed by atoms with Gasteiger partial charge in [0.15, 0.2) is 0 Å². The highest BCUT2D eigenvalue weighted by Gasteiger charge is 2.11. The number of rotatable bonds is 6. The Kier molecular flexibility index (Phi) is 5.20. The summed E-state index contributed by atoms with van der Waals surface area (Å²) < 4.78 is 0. The second-order valence-corrected chi connectivity index (χ2v) is 5.25. The molecule has 0 atom stereocenters. The quantitative estimate of drug-likeness (QED) is 0.845. The van der Waals surface area contributed by atoms with E-state index in [9.17, 15) is 4.79 Å². The number of hydrogen-bond donors (Lipinski definition) is 2. The maximum atomic E-state index is 12.0. The van der Waals surface area contributed by atoms with E-state index in [4.69, 9.17) is 5.73 Å². The normalized spacial score (nSPS) is 10.5. The number of nitrogens with two attached hydrogens (primary N) is 1. The minimum Gasteiger partial charge on any atom is -0.345 e. The van der Waals surface area contributed by atoms with Gasteiger partial charge in [0.1, 0.15) is 5.69 Å². The summed E-state index contributed by atoms with van der Waals surface area (Å²) in [6.45, 7) is 3.04. The number of carbonyl (C=O) groups is 1. The molecule has 2 rings (SSSR count). The number of thiazole rings is 1. The summed E-state index contributed by atoms with van der Waals surface area (Å²) in [6, 6.07) is 3.93. The molecule has 20 heavy (non-hydrogen) atoms. The van der Waals surface area contributed by atoms with Crippen LogP contribution in [0.1, 0.15) is 33.7 Å². The van der Waals surface area contributed by atoms with Gasteiger partial charge in [-0.2, -0.15) is 0 Å². The molecule has 0 unspecified atom stereocenters. The maximum Gasteiger partial charge on any atom is 0.271 e. The average molecular weight is 290 g/mol. The third-order valence-electron chi connectivity index (χ3n) is 2.92. The molecule has 0 spiro atoms. The van der Waals surface area contributed by atoms with Gasteiger partial charge >= 0.3 is 0 Å². The zero-order chi connectivity index (χ0) is 14.4. The molecule has 0 saturated heterocycles. The van der Waals surface area contributed by atoms with Crippen molar-refractivity contribution in [2.75, 3.05) is 6.54 Å². The maximum absolute atomic E-state index is 12.0. The van der Waals surface area contributed by atoms with Crippen LogP contribution in [0.4, 0.5) is 0 Å². The fourth-order valence-corrected chi connectivity index (χ4v) is 2.65. The van der Waals surface area contributed by atoms with Crippen LogP contribution in [-0.4, -0.2) is 22.4 Å². The van der Waals surface area contributed by atoms with E-state index in [1.54, 1.807) is 11.6 Å². The molecule has 0 fully saturated rings. The SMILES string of the molecule is CCc1cccnc1CNC(=O)c1csc(CCN)n1. The number of aromatic nitrogens is 2. The van der Waals surface area contributed by atoms with Crippen molar-refractivity contribution in [3.8, 4) is 0 Å². The molecule has 6 heteroatoms. The van der Waals surface area contributed by atoms with Gasteiger partial charge in [-0.1, -0.05) is 13.0 Å². The minimum absolute atomic E-state index is 0.169. The van der Waals surface area contributed by atoms with E-state index in [2.05, 4.69) is 22.2 Å². The molecule has 106 valence electrons. The van der Waals surface area contributed by atoms with Crippen molar-refractivity contribution in [1.82, 2.24) is 15.3 Å². The van der Waals surface area contributed by atoms with Crippen LogP contribution in [0.15, 0.2) is 23.7 Å². The first-order valence-electron chi connectivity index (χ1n) is 6.60. The molecule has 2 aromatic heterocycles. The Balaban J connectivity index is 1.97. The van der Waals surface area contributed by atoms with Crippen LogP contribution in [-0.2, 0) is 19.4 Å². The highest BCUT2D eigenvalue weighted by molar-refractivity contribution is 7.09. The summed E-state index contributed by atoms with van der Waals surface area (Å²) in [4.78, 5) is 20.6. The molecule has 2 heterocycles. The molecule has 0 aliphatic rings. The smallest absolute Gasteiger partial charge is 0.271 e.